The lowest BCUT2D eigenvalue weighted by Gasteiger charge is -2.10. The zero-order valence-corrected chi connectivity index (χ0v) is 15.5. The molecule has 2 aromatic rings. The summed E-state index contributed by atoms with van der Waals surface area (Å²) >= 11 is 16.6. The molecule has 1 aromatic heterocycles. The molecule has 9 heteroatoms. The quantitative estimate of drug-likeness (QED) is 0.743. The van der Waals surface area contributed by atoms with Crippen LogP contribution in [0.1, 0.15) is 4.88 Å². The van der Waals surface area contributed by atoms with Crippen LogP contribution in [0.25, 0.3) is 0 Å². The number of sulfonamides is 1. The maximum absolute atomic E-state index is 12.5. The molecule has 0 spiro atoms. The average molecular weight is 430 g/mol. The van der Waals surface area contributed by atoms with E-state index >= 15 is 0 Å². The number of hydrogen-bond donors (Lipinski definition) is 2. The van der Waals surface area contributed by atoms with Gasteiger partial charge in [0.25, 0.3) is 10.0 Å². The molecular formula is C12H11BrCl2N2O2S2. The molecule has 0 fully saturated rings. The largest absolute Gasteiger partial charge is 0.315 e. The summed E-state index contributed by atoms with van der Waals surface area (Å²) in [5.41, 5.74) is 0.175. The highest BCUT2D eigenvalue weighted by molar-refractivity contribution is 9.11. The van der Waals surface area contributed by atoms with Crippen LogP contribution in [0.3, 0.4) is 0 Å². The first kappa shape index (κ1) is 17.1. The first-order valence-corrected chi connectivity index (χ1v) is 9.59. The Labute approximate surface area is 145 Å². The summed E-state index contributed by atoms with van der Waals surface area (Å²) in [5.74, 6) is 0. The molecule has 0 aliphatic carbocycles. The van der Waals surface area contributed by atoms with Crippen LogP contribution in [0.15, 0.2) is 32.9 Å². The van der Waals surface area contributed by atoms with Gasteiger partial charge in [0, 0.05) is 11.4 Å². The zero-order chi connectivity index (χ0) is 15.6. The molecule has 0 radical (unpaired) electrons. The molecule has 0 saturated carbocycles. The van der Waals surface area contributed by atoms with E-state index < -0.39 is 10.0 Å². The van der Waals surface area contributed by atoms with Crippen LogP contribution in [0.5, 0.6) is 0 Å². The van der Waals surface area contributed by atoms with Crippen molar-refractivity contribution in [2.24, 2.45) is 0 Å². The van der Waals surface area contributed by atoms with Crippen molar-refractivity contribution in [3.8, 4) is 0 Å². The van der Waals surface area contributed by atoms with Crippen molar-refractivity contribution < 1.29 is 8.42 Å². The van der Waals surface area contributed by atoms with Crippen molar-refractivity contribution in [3.63, 3.8) is 0 Å². The Morgan fingerprint density at radius 1 is 1.29 bits per heavy atom. The van der Waals surface area contributed by atoms with E-state index in [0.29, 0.717) is 10.3 Å². The van der Waals surface area contributed by atoms with Crippen molar-refractivity contribution in [3.05, 3.63) is 43.0 Å². The van der Waals surface area contributed by atoms with Crippen LogP contribution in [0.4, 0.5) is 5.69 Å². The minimum atomic E-state index is -3.77. The number of halogens is 3. The fourth-order valence-corrected chi connectivity index (χ4v) is 6.03. The predicted octanol–water partition coefficient (Wildman–Crippen LogP) is 4.34. The standard InChI is InChI=1S/C12H11BrCl2N2O2S2/c1-16-6-7-5-10(12(13)20-7)21(18,19)17-11-8(14)3-2-4-9(11)15/h2-5,16-17H,6H2,1H3. The number of rotatable bonds is 5. The van der Waals surface area contributed by atoms with Gasteiger partial charge in [-0.05, 0) is 41.2 Å². The molecule has 4 nitrogen and oxygen atoms in total. The van der Waals surface area contributed by atoms with Gasteiger partial charge in [-0.1, -0.05) is 29.3 Å². The summed E-state index contributed by atoms with van der Waals surface area (Å²) in [6.07, 6.45) is 0. The average Bonchev–Trinajstić information content (AvgIpc) is 2.76. The molecule has 0 aliphatic rings. The summed E-state index contributed by atoms with van der Waals surface area (Å²) < 4.78 is 27.9. The van der Waals surface area contributed by atoms with Crippen LogP contribution in [0, 0.1) is 0 Å². The topological polar surface area (TPSA) is 58.2 Å². The maximum Gasteiger partial charge on any atom is 0.263 e. The van der Waals surface area contributed by atoms with E-state index in [9.17, 15) is 8.42 Å². The fourth-order valence-electron chi connectivity index (χ4n) is 1.63. The first-order valence-electron chi connectivity index (χ1n) is 5.75. The van der Waals surface area contributed by atoms with E-state index in [2.05, 4.69) is 26.0 Å². The lowest BCUT2D eigenvalue weighted by Crippen LogP contribution is -2.13. The van der Waals surface area contributed by atoms with Gasteiger partial charge >= 0.3 is 0 Å². The number of hydrogen-bond acceptors (Lipinski definition) is 4. The number of thiophene rings is 1. The molecule has 0 bridgehead atoms. The zero-order valence-electron chi connectivity index (χ0n) is 10.8. The van der Waals surface area contributed by atoms with Gasteiger partial charge in [-0.25, -0.2) is 8.42 Å². The summed E-state index contributed by atoms with van der Waals surface area (Å²) in [4.78, 5) is 1.06. The third-order valence-corrected chi connectivity index (χ3v) is 6.78. The molecule has 1 aromatic carbocycles. The summed E-state index contributed by atoms with van der Waals surface area (Å²) in [5, 5.41) is 3.46. The second-order valence-electron chi connectivity index (χ2n) is 4.08. The summed E-state index contributed by atoms with van der Waals surface area (Å²) in [7, 11) is -1.97. The van der Waals surface area contributed by atoms with Gasteiger partial charge < -0.3 is 5.32 Å². The third kappa shape index (κ3) is 3.91. The molecule has 0 amide bonds. The van der Waals surface area contributed by atoms with Crippen LogP contribution in [-0.2, 0) is 16.6 Å². The Morgan fingerprint density at radius 2 is 1.90 bits per heavy atom. The van der Waals surface area contributed by atoms with Crippen LogP contribution < -0.4 is 10.0 Å². The van der Waals surface area contributed by atoms with E-state index in [1.54, 1.807) is 31.3 Å². The second kappa shape index (κ2) is 6.85. The molecule has 0 unspecified atom stereocenters. The van der Waals surface area contributed by atoms with Gasteiger partial charge in [-0.3, -0.25) is 4.72 Å². The first-order chi connectivity index (χ1) is 9.85. The van der Waals surface area contributed by atoms with Gasteiger partial charge in [0.2, 0.25) is 0 Å². The van der Waals surface area contributed by atoms with Gasteiger partial charge in [-0.15, -0.1) is 11.3 Å². The number of benzene rings is 1. The summed E-state index contributed by atoms with van der Waals surface area (Å²) in [6, 6.07) is 6.40. The van der Waals surface area contributed by atoms with E-state index in [1.807, 2.05) is 0 Å². The normalized spacial score (nSPS) is 11.6. The lowest BCUT2D eigenvalue weighted by molar-refractivity contribution is 0.601. The van der Waals surface area contributed by atoms with E-state index in [1.165, 1.54) is 11.3 Å². The Morgan fingerprint density at radius 3 is 2.48 bits per heavy atom. The van der Waals surface area contributed by atoms with Crippen LogP contribution in [0.2, 0.25) is 10.0 Å². The Bertz CT molecular complexity index is 742. The van der Waals surface area contributed by atoms with Gasteiger partial charge in [0.15, 0.2) is 0 Å². The second-order valence-corrected chi connectivity index (χ2v) is 9.00. The third-order valence-electron chi connectivity index (χ3n) is 2.55. The van der Waals surface area contributed by atoms with Crippen molar-refractivity contribution >= 4 is 66.2 Å². The van der Waals surface area contributed by atoms with E-state index in [0.717, 1.165) is 4.88 Å². The molecule has 114 valence electrons. The number of anilines is 1. The molecular weight excluding hydrogens is 419 g/mol. The van der Waals surface area contributed by atoms with E-state index in [-0.39, 0.29) is 20.6 Å². The monoisotopic (exact) mass is 428 g/mol. The van der Waals surface area contributed by atoms with Crippen molar-refractivity contribution in [1.29, 1.82) is 0 Å². The number of para-hydroxylation sites is 1. The molecule has 21 heavy (non-hydrogen) atoms. The minimum Gasteiger partial charge on any atom is -0.315 e. The Balaban J connectivity index is 2.39. The molecule has 0 aliphatic heterocycles. The van der Waals surface area contributed by atoms with Gasteiger partial charge in [0.05, 0.1) is 19.5 Å². The SMILES string of the molecule is CNCc1cc(S(=O)(=O)Nc2c(Cl)cccc2Cl)c(Br)s1. The highest BCUT2D eigenvalue weighted by Gasteiger charge is 2.22. The predicted molar refractivity (Wildman–Crippen MR) is 92.1 cm³/mol. The maximum atomic E-state index is 12.5. The minimum absolute atomic E-state index is 0.161. The molecule has 2 rings (SSSR count). The molecule has 2 N–H and O–H groups in total. The molecule has 0 atom stereocenters. The fraction of sp³-hybridized carbons (Fsp3) is 0.167. The Hall–Kier alpha value is -0.310. The van der Waals surface area contributed by atoms with Gasteiger partial charge in [-0.2, -0.15) is 0 Å². The van der Waals surface area contributed by atoms with Crippen molar-refractivity contribution in [2.45, 2.75) is 11.4 Å². The Kier molecular flexibility index (Phi) is 5.56. The lowest BCUT2D eigenvalue weighted by atomic mass is 10.3. The van der Waals surface area contributed by atoms with Crippen molar-refractivity contribution in [1.82, 2.24) is 5.32 Å². The van der Waals surface area contributed by atoms with Gasteiger partial charge in [0.1, 0.15) is 4.90 Å². The highest BCUT2D eigenvalue weighted by Crippen LogP contribution is 2.36. The van der Waals surface area contributed by atoms with Crippen LogP contribution >= 0.6 is 50.5 Å². The molecule has 0 saturated heterocycles. The summed E-state index contributed by atoms with van der Waals surface area (Å²) in [6.45, 7) is 0.589. The van der Waals surface area contributed by atoms with Crippen LogP contribution in [-0.4, -0.2) is 15.5 Å². The highest BCUT2D eigenvalue weighted by atomic mass is 79.9. The van der Waals surface area contributed by atoms with Crippen molar-refractivity contribution in [2.75, 3.05) is 11.8 Å². The number of nitrogens with one attached hydrogen (secondary N) is 2. The molecule has 1 heterocycles. The van der Waals surface area contributed by atoms with E-state index in [4.69, 9.17) is 23.2 Å². The smallest absolute Gasteiger partial charge is 0.263 e.